The van der Waals surface area contributed by atoms with E-state index in [-0.39, 0.29) is 11.7 Å². The maximum atomic E-state index is 11.5. The van der Waals surface area contributed by atoms with Gasteiger partial charge in [0.1, 0.15) is 5.75 Å². The van der Waals surface area contributed by atoms with Gasteiger partial charge in [-0.15, -0.1) is 0 Å². The lowest BCUT2D eigenvalue weighted by molar-refractivity contribution is -0.128. The van der Waals surface area contributed by atoms with Crippen molar-refractivity contribution in [2.24, 2.45) is 0 Å². The molecule has 19 heavy (non-hydrogen) atoms. The molecule has 0 aliphatic heterocycles. The van der Waals surface area contributed by atoms with Crippen LogP contribution in [0.1, 0.15) is 30.1 Å². The van der Waals surface area contributed by atoms with Crippen molar-refractivity contribution in [3.05, 3.63) is 28.2 Å². The normalized spacial score (nSPS) is 10.1. The van der Waals surface area contributed by atoms with Gasteiger partial charge in [0.15, 0.2) is 5.78 Å². The number of Topliss-reactive ketones (excluding diaryl/α,β-unsaturated/α-hetero) is 1. The van der Waals surface area contributed by atoms with Gasteiger partial charge in [-0.25, -0.2) is 0 Å². The number of amides is 1. The van der Waals surface area contributed by atoms with Crippen molar-refractivity contribution in [1.29, 1.82) is 0 Å². The summed E-state index contributed by atoms with van der Waals surface area (Å²) in [7, 11) is 3.46. The summed E-state index contributed by atoms with van der Waals surface area (Å²) < 4.78 is 6.45. The highest BCUT2D eigenvalue weighted by Gasteiger charge is 2.09. The fourth-order valence-electron chi connectivity index (χ4n) is 1.54. The number of halogens is 1. The summed E-state index contributed by atoms with van der Waals surface area (Å²) in [5, 5.41) is 0. The Balaban J connectivity index is 2.55. The zero-order valence-electron chi connectivity index (χ0n) is 11.4. The van der Waals surface area contributed by atoms with Gasteiger partial charge in [-0.05, 0) is 31.5 Å². The van der Waals surface area contributed by atoms with Gasteiger partial charge in [0.2, 0.25) is 5.91 Å². The van der Waals surface area contributed by atoms with Gasteiger partial charge < -0.3 is 9.64 Å². The molecule has 5 heteroatoms. The van der Waals surface area contributed by atoms with E-state index in [2.05, 4.69) is 15.9 Å². The molecule has 0 radical (unpaired) electrons. The number of carbonyl (C=O) groups is 2. The quantitative estimate of drug-likeness (QED) is 0.596. The van der Waals surface area contributed by atoms with Crippen LogP contribution >= 0.6 is 15.9 Å². The Morgan fingerprint density at radius 3 is 2.58 bits per heavy atom. The number of hydrogen-bond donors (Lipinski definition) is 0. The van der Waals surface area contributed by atoms with Gasteiger partial charge in [-0.2, -0.15) is 0 Å². The van der Waals surface area contributed by atoms with Crippen molar-refractivity contribution in [1.82, 2.24) is 4.90 Å². The third-order valence-electron chi connectivity index (χ3n) is 2.61. The van der Waals surface area contributed by atoms with Crippen LogP contribution in [-0.2, 0) is 4.79 Å². The molecule has 104 valence electrons. The number of ketones is 1. The first kappa shape index (κ1) is 15.7. The van der Waals surface area contributed by atoms with E-state index in [9.17, 15) is 9.59 Å². The molecule has 0 spiro atoms. The van der Waals surface area contributed by atoms with E-state index in [0.717, 1.165) is 4.47 Å². The SMILES string of the molecule is CC(=O)c1ccc(Br)cc1OCCCC(=O)N(C)C. The van der Waals surface area contributed by atoms with Crippen LogP contribution in [0.15, 0.2) is 22.7 Å². The zero-order chi connectivity index (χ0) is 14.4. The highest BCUT2D eigenvalue weighted by molar-refractivity contribution is 9.10. The Morgan fingerprint density at radius 2 is 2.00 bits per heavy atom. The number of hydrogen-bond acceptors (Lipinski definition) is 3. The van der Waals surface area contributed by atoms with Crippen molar-refractivity contribution in [2.45, 2.75) is 19.8 Å². The van der Waals surface area contributed by atoms with Crippen LogP contribution in [0.2, 0.25) is 0 Å². The second kappa shape index (κ2) is 7.28. The highest BCUT2D eigenvalue weighted by atomic mass is 79.9. The van der Waals surface area contributed by atoms with E-state index in [0.29, 0.717) is 30.8 Å². The number of nitrogens with zero attached hydrogens (tertiary/aromatic N) is 1. The predicted octanol–water partition coefficient (Wildman–Crippen LogP) is 2.90. The number of rotatable bonds is 6. The minimum Gasteiger partial charge on any atom is -0.493 e. The third kappa shape index (κ3) is 5.03. The average Bonchev–Trinajstić information content (AvgIpc) is 2.33. The molecule has 0 aliphatic rings. The lowest BCUT2D eigenvalue weighted by atomic mass is 10.1. The van der Waals surface area contributed by atoms with Crippen LogP contribution < -0.4 is 4.74 Å². The monoisotopic (exact) mass is 327 g/mol. The molecule has 0 aliphatic carbocycles. The summed E-state index contributed by atoms with van der Waals surface area (Å²) >= 11 is 3.34. The largest absolute Gasteiger partial charge is 0.493 e. The van der Waals surface area contributed by atoms with Gasteiger partial charge in [0.25, 0.3) is 0 Å². The Morgan fingerprint density at radius 1 is 1.32 bits per heavy atom. The smallest absolute Gasteiger partial charge is 0.222 e. The van der Waals surface area contributed by atoms with E-state index in [1.807, 2.05) is 0 Å². The molecule has 0 N–H and O–H groups in total. The first-order valence-corrected chi connectivity index (χ1v) is 6.84. The fourth-order valence-corrected chi connectivity index (χ4v) is 1.88. The molecule has 1 rings (SSSR count). The van der Waals surface area contributed by atoms with Crippen molar-refractivity contribution < 1.29 is 14.3 Å². The standard InChI is InChI=1S/C14H18BrNO3/c1-10(17)12-7-6-11(15)9-13(12)19-8-4-5-14(18)16(2)3/h6-7,9H,4-5,8H2,1-3H3. The summed E-state index contributed by atoms with van der Waals surface area (Å²) in [6.07, 6.45) is 1.07. The summed E-state index contributed by atoms with van der Waals surface area (Å²) in [5.41, 5.74) is 0.558. The summed E-state index contributed by atoms with van der Waals surface area (Å²) in [4.78, 5) is 24.4. The predicted molar refractivity (Wildman–Crippen MR) is 77.6 cm³/mol. The number of carbonyl (C=O) groups excluding carboxylic acids is 2. The second-order valence-corrected chi connectivity index (χ2v) is 5.35. The highest BCUT2D eigenvalue weighted by Crippen LogP contribution is 2.24. The topological polar surface area (TPSA) is 46.6 Å². The van der Waals surface area contributed by atoms with Gasteiger partial charge in [0, 0.05) is 25.0 Å². The first-order valence-electron chi connectivity index (χ1n) is 6.05. The van der Waals surface area contributed by atoms with Crippen LogP contribution in [0.4, 0.5) is 0 Å². The summed E-state index contributed by atoms with van der Waals surface area (Å²) in [5.74, 6) is 0.593. The molecular formula is C14H18BrNO3. The molecule has 0 fully saturated rings. The molecule has 0 saturated carbocycles. The zero-order valence-corrected chi connectivity index (χ0v) is 13.0. The Kier molecular flexibility index (Phi) is 6.02. The number of benzene rings is 1. The molecule has 0 aromatic heterocycles. The Hall–Kier alpha value is -1.36. The van der Waals surface area contributed by atoms with E-state index in [4.69, 9.17) is 4.74 Å². The van der Waals surface area contributed by atoms with E-state index < -0.39 is 0 Å². The van der Waals surface area contributed by atoms with Gasteiger partial charge in [-0.3, -0.25) is 9.59 Å². The number of ether oxygens (including phenoxy) is 1. The lowest BCUT2D eigenvalue weighted by Gasteiger charge is -2.12. The summed E-state index contributed by atoms with van der Waals surface area (Å²) in [6.45, 7) is 1.92. The van der Waals surface area contributed by atoms with Crippen LogP contribution in [0.3, 0.4) is 0 Å². The van der Waals surface area contributed by atoms with Crippen molar-refractivity contribution >= 4 is 27.6 Å². The molecule has 0 bridgehead atoms. The van der Waals surface area contributed by atoms with Crippen molar-refractivity contribution in [2.75, 3.05) is 20.7 Å². The third-order valence-corrected chi connectivity index (χ3v) is 3.11. The molecule has 4 nitrogen and oxygen atoms in total. The van der Waals surface area contributed by atoms with Crippen LogP contribution in [0, 0.1) is 0 Å². The second-order valence-electron chi connectivity index (χ2n) is 4.44. The van der Waals surface area contributed by atoms with Crippen LogP contribution in [0.5, 0.6) is 5.75 Å². The van der Waals surface area contributed by atoms with E-state index in [1.165, 1.54) is 6.92 Å². The van der Waals surface area contributed by atoms with E-state index >= 15 is 0 Å². The Labute approximate surface area is 121 Å². The Bertz CT molecular complexity index is 472. The van der Waals surface area contributed by atoms with Crippen molar-refractivity contribution in [3.63, 3.8) is 0 Å². The maximum absolute atomic E-state index is 11.5. The van der Waals surface area contributed by atoms with Crippen molar-refractivity contribution in [3.8, 4) is 5.75 Å². The first-order chi connectivity index (χ1) is 8.91. The molecule has 0 atom stereocenters. The molecule has 0 saturated heterocycles. The van der Waals surface area contributed by atoms with Gasteiger partial charge in [0.05, 0.1) is 12.2 Å². The fraction of sp³-hybridized carbons (Fsp3) is 0.429. The average molecular weight is 328 g/mol. The maximum Gasteiger partial charge on any atom is 0.222 e. The van der Waals surface area contributed by atoms with Gasteiger partial charge in [-0.1, -0.05) is 15.9 Å². The minimum atomic E-state index is -0.0353. The molecular weight excluding hydrogens is 310 g/mol. The van der Waals surface area contributed by atoms with Gasteiger partial charge >= 0.3 is 0 Å². The molecule has 0 heterocycles. The minimum absolute atomic E-state index is 0.0353. The van der Waals surface area contributed by atoms with E-state index in [1.54, 1.807) is 37.2 Å². The lowest BCUT2D eigenvalue weighted by Crippen LogP contribution is -2.21. The van der Waals surface area contributed by atoms with Crippen LogP contribution in [0.25, 0.3) is 0 Å². The molecule has 0 unspecified atom stereocenters. The summed E-state index contributed by atoms with van der Waals surface area (Å²) in [6, 6.07) is 5.30. The molecule has 1 amide bonds. The van der Waals surface area contributed by atoms with Crippen LogP contribution in [-0.4, -0.2) is 37.3 Å². The molecule has 1 aromatic rings. The molecule has 1 aromatic carbocycles.